The Hall–Kier alpha value is -2.06. The number of likely N-dealkylation sites (tertiary alicyclic amines) is 2. The van der Waals surface area contributed by atoms with E-state index < -0.39 is 11.5 Å². The number of fused-ring (bicyclic) bond motifs is 1. The van der Waals surface area contributed by atoms with E-state index in [-0.39, 0.29) is 18.7 Å². The fraction of sp³-hybridized carbons (Fsp3) is 0.600. The molecule has 8 heteroatoms. The normalized spacial score (nSPS) is 26.3. The van der Waals surface area contributed by atoms with E-state index in [0.29, 0.717) is 57.5 Å². The molecule has 2 fully saturated rings. The Morgan fingerprint density at radius 2 is 1.93 bits per heavy atom. The minimum absolute atomic E-state index is 0.0571. The number of aliphatic hydroxyl groups is 1. The molecule has 6 nitrogen and oxygen atoms in total. The van der Waals surface area contributed by atoms with Gasteiger partial charge in [-0.2, -0.15) is 0 Å². The van der Waals surface area contributed by atoms with Gasteiger partial charge in [0, 0.05) is 51.1 Å². The maximum Gasteiger partial charge on any atom is 0.253 e. The van der Waals surface area contributed by atoms with Gasteiger partial charge >= 0.3 is 0 Å². The highest BCUT2D eigenvalue weighted by Gasteiger charge is 2.38. The smallest absolute Gasteiger partial charge is 0.253 e. The molecule has 2 aliphatic rings. The van der Waals surface area contributed by atoms with Crippen LogP contribution in [0.4, 0.5) is 8.78 Å². The third-order valence-corrected chi connectivity index (χ3v) is 5.98. The Bertz CT molecular complexity index is 846. The molecule has 28 heavy (non-hydrogen) atoms. The van der Waals surface area contributed by atoms with Crippen molar-refractivity contribution in [1.82, 2.24) is 19.8 Å². The van der Waals surface area contributed by atoms with E-state index in [0.717, 1.165) is 11.0 Å². The number of halogens is 2. The summed E-state index contributed by atoms with van der Waals surface area (Å²) >= 11 is 0. The summed E-state index contributed by atoms with van der Waals surface area (Å²) in [4.78, 5) is 23.8. The number of H-pyrrole nitrogens is 1. The predicted octanol–water partition coefficient (Wildman–Crippen LogP) is 2.65. The molecule has 2 aromatic rings. The van der Waals surface area contributed by atoms with Gasteiger partial charge in [-0.15, -0.1) is 0 Å². The fourth-order valence-electron chi connectivity index (χ4n) is 4.25. The topological polar surface area (TPSA) is 72.5 Å². The molecular weight excluding hydrogens is 366 g/mol. The molecule has 152 valence electrons. The number of rotatable bonds is 3. The van der Waals surface area contributed by atoms with Crippen LogP contribution in [0, 0.1) is 0 Å². The second-order valence-electron chi connectivity index (χ2n) is 8.14. The molecule has 2 aliphatic heterocycles. The van der Waals surface area contributed by atoms with Crippen molar-refractivity contribution < 1.29 is 18.7 Å². The molecule has 0 bridgehead atoms. The Kier molecular flexibility index (Phi) is 5.09. The van der Waals surface area contributed by atoms with E-state index >= 15 is 0 Å². The van der Waals surface area contributed by atoms with Crippen molar-refractivity contribution in [2.24, 2.45) is 0 Å². The summed E-state index contributed by atoms with van der Waals surface area (Å²) in [5.74, 6) is -2.64. The molecule has 1 aromatic heterocycles. The van der Waals surface area contributed by atoms with Crippen LogP contribution in [-0.2, 0) is 0 Å². The largest absolute Gasteiger partial charge is 0.388 e. The van der Waals surface area contributed by atoms with Crippen LogP contribution in [0.25, 0.3) is 11.0 Å². The lowest BCUT2D eigenvalue weighted by Crippen LogP contribution is -2.48. The SMILES string of the molecule is O=C(c1ccc2nc[nH]c2c1)N1CCC[C@@](O)(CN2CCC(F)(F)CC2)CC1. The van der Waals surface area contributed by atoms with Crippen molar-refractivity contribution in [1.29, 1.82) is 0 Å². The quantitative estimate of drug-likeness (QED) is 0.842. The first-order valence-corrected chi connectivity index (χ1v) is 9.89. The number of aromatic nitrogens is 2. The number of amides is 1. The van der Waals surface area contributed by atoms with Crippen molar-refractivity contribution in [2.75, 3.05) is 32.7 Å². The number of nitrogens with zero attached hydrogens (tertiary/aromatic N) is 3. The van der Waals surface area contributed by atoms with Gasteiger partial charge in [0.05, 0.1) is 23.0 Å². The van der Waals surface area contributed by atoms with Crippen molar-refractivity contribution in [3.8, 4) is 0 Å². The molecule has 0 radical (unpaired) electrons. The number of imidazole rings is 1. The minimum atomic E-state index is -2.58. The molecule has 1 atom stereocenters. The Balaban J connectivity index is 1.38. The highest BCUT2D eigenvalue weighted by Crippen LogP contribution is 2.31. The lowest BCUT2D eigenvalue weighted by atomic mass is 9.93. The summed E-state index contributed by atoms with van der Waals surface area (Å²) < 4.78 is 26.7. The monoisotopic (exact) mass is 392 g/mol. The van der Waals surface area contributed by atoms with Crippen molar-refractivity contribution in [3.63, 3.8) is 0 Å². The lowest BCUT2D eigenvalue weighted by molar-refractivity contribution is -0.0768. The molecule has 4 rings (SSSR count). The Morgan fingerprint density at radius 1 is 1.14 bits per heavy atom. The number of carbonyl (C=O) groups excluding carboxylic acids is 1. The molecule has 3 heterocycles. The third-order valence-electron chi connectivity index (χ3n) is 5.98. The number of aromatic amines is 1. The molecular formula is C20H26F2N4O2. The molecule has 2 saturated heterocycles. The summed E-state index contributed by atoms with van der Waals surface area (Å²) in [6.45, 7) is 2.05. The predicted molar refractivity (Wildman–Crippen MR) is 101 cm³/mol. The van der Waals surface area contributed by atoms with Crippen LogP contribution in [0.5, 0.6) is 0 Å². The zero-order valence-corrected chi connectivity index (χ0v) is 15.8. The molecule has 0 spiro atoms. The van der Waals surface area contributed by atoms with E-state index in [1.54, 1.807) is 23.4 Å². The molecule has 2 N–H and O–H groups in total. The third kappa shape index (κ3) is 4.17. The highest BCUT2D eigenvalue weighted by atomic mass is 19.3. The van der Waals surface area contributed by atoms with E-state index in [2.05, 4.69) is 9.97 Å². The fourth-order valence-corrected chi connectivity index (χ4v) is 4.25. The van der Waals surface area contributed by atoms with Gasteiger partial charge in [-0.25, -0.2) is 13.8 Å². The second-order valence-corrected chi connectivity index (χ2v) is 8.14. The van der Waals surface area contributed by atoms with Gasteiger partial charge in [0.1, 0.15) is 0 Å². The molecule has 0 aliphatic carbocycles. The standard InChI is InChI=1S/C20H26F2N4O2/c21-20(22)6-9-25(10-7-20)13-19(28)4-1-8-26(11-5-19)18(27)15-2-3-16-17(12-15)24-14-23-16/h2-3,12,14,28H,1,4-11,13H2,(H,23,24)/t19-/m0/s1. The van der Waals surface area contributed by atoms with Crippen molar-refractivity contribution in [2.45, 2.75) is 43.6 Å². The van der Waals surface area contributed by atoms with Gasteiger partial charge in [0.15, 0.2) is 0 Å². The zero-order chi connectivity index (χ0) is 19.8. The average Bonchev–Trinajstić information content (AvgIpc) is 3.05. The van der Waals surface area contributed by atoms with E-state index in [1.807, 2.05) is 11.0 Å². The van der Waals surface area contributed by atoms with Crippen LogP contribution in [0.1, 0.15) is 42.5 Å². The maximum atomic E-state index is 13.4. The van der Waals surface area contributed by atoms with E-state index in [9.17, 15) is 18.7 Å². The van der Waals surface area contributed by atoms with Gasteiger partial charge in [0.2, 0.25) is 0 Å². The molecule has 0 unspecified atom stereocenters. The number of nitrogens with one attached hydrogen (secondary N) is 1. The summed E-state index contributed by atoms with van der Waals surface area (Å²) in [5.41, 5.74) is 1.29. The number of benzene rings is 1. The van der Waals surface area contributed by atoms with E-state index in [4.69, 9.17) is 0 Å². The van der Waals surface area contributed by atoms with Gasteiger partial charge in [0.25, 0.3) is 11.8 Å². The summed E-state index contributed by atoms with van der Waals surface area (Å²) in [5, 5.41) is 11.0. The number of hydrogen-bond acceptors (Lipinski definition) is 4. The van der Waals surface area contributed by atoms with Crippen molar-refractivity contribution in [3.05, 3.63) is 30.1 Å². The molecule has 0 saturated carbocycles. The maximum absolute atomic E-state index is 13.4. The number of alkyl halides is 2. The highest BCUT2D eigenvalue weighted by molar-refractivity contribution is 5.97. The number of carbonyl (C=O) groups is 1. The average molecular weight is 392 g/mol. The van der Waals surface area contributed by atoms with Crippen LogP contribution in [0.15, 0.2) is 24.5 Å². The number of β-amino-alcohol motifs (C(OH)–C–C–N with tert-alkyl or cyclic N) is 1. The van der Waals surface area contributed by atoms with Crippen LogP contribution in [0.2, 0.25) is 0 Å². The Morgan fingerprint density at radius 3 is 2.71 bits per heavy atom. The number of piperidine rings is 1. The lowest BCUT2D eigenvalue weighted by Gasteiger charge is -2.37. The first kappa shape index (κ1) is 19.3. The van der Waals surface area contributed by atoms with Gasteiger partial charge in [-0.05, 0) is 37.5 Å². The summed E-state index contributed by atoms with van der Waals surface area (Å²) in [6.07, 6.45) is 3.02. The molecule has 1 amide bonds. The first-order valence-electron chi connectivity index (χ1n) is 9.89. The van der Waals surface area contributed by atoms with Crippen molar-refractivity contribution >= 4 is 16.9 Å². The summed E-state index contributed by atoms with van der Waals surface area (Å²) in [7, 11) is 0. The van der Waals surface area contributed by atoms with Gasteiger partial charge in [-0.1, -0.05) is 0 Å². The van der Waals surface area contributed by atoms with Gasteiger partial charge in [-0.3, -0.25) is 4.79 Å². The second kappa shape index (κ2) is 7.40. The van der Waals surface area contributed by atoms with Crippen LogP contribution >= 0.6 is 0 Å². The van der Waals surface area contributed by atoms with Gasteiger partial charge < -0.3 is 19.9 Å². The zero-order valence-electron chi connectivity index (χ0n) is 15.8. The van der Waals surface area contributed by atoms with Crippen LogP contribution < -0.4 is 0 Å². The first-order chi connectivity index (χ1) is 13.3. The molecule has 1 aromatic carbocycles. The number of hydrogen-bond donors (Lipinski definition) is 2. The van der Waals surface area contributed by atoms with Crippen LogP contribution in [0.3, 0.4) is 0 Å². The van der Waals surface area contributed by atoms with E-state index in [1.165, 1.54) is 0 Å². The minimum Gasteiger partial charge on any atom is -0.388 e. The Labute approximate surface area is 162 Å². The summed E-state index contributed by atoms with van der Waals surface area (Å²) in [6, 6.07) is 5.39. The van der Waals surface area contributed by atoms with Crippen LogP contribution in [-0.4, -0.2) is 75.0 Å².